The number of aliphatic hydroxyl groups is 1. The Morgan fingerprint density at radius 2 is 1.77 bits per heavy atom. The first kappa shape index (κ1) is 10.8. The molecule has 0 heterocycles. The van der Waals surface area contributed by atoms with Crippen LogP contribution in [0.15, 0.2) is 0 Å². The minimum atomic E-state index is -1.24. The lowest BCUT2D eigenvalue weighted by Crippen LogP contribution is -2.24. The number of rotatable bonds is 0. The summed E-state index contributed by atoms with van der Waals surface area (Å²) in [5.74, 6) is 3.54. The molecule has 1 saturated carbocycles. The fourth-order valence-corrected chi connectivity index (χ4v) is 2.21. The van der Waals surface area contributed by atoms with E-state index in [1.165, 1.54) is 12.8 Å². The van der Waals surface area contributed by atoms with Crippen LogP contribution in [0, 0.1) is 17.4 Å². The van der Waals surface area contributed by atoms with Gasteiger partial charge in [0.05, 0.1) is 6.10 Å². The van der Waals surface area contributed by atoms with Crippen molar-refractivity contribution in [3.8, 4) is 11.5 Å². The fourth-order valence-electron chi connectivity index (χ4n) is 1.59. The average molecular weight is 196 g/mol. The van der Waals surface area contributed by atoms with Gasteiger partial charge in [-0.25, -0.2) is 0 Å². The van der Waals surface area contributed by atoms with Crippen LogP contribution in [0.25, 0.3) is 0 Å². The average Bonchev–Trinajstić information content (AvgIpc) is 2.01. The summed E-state index contributed by atoms with van der Waals surface area (Å²) in [4.78, 5) is 0. The number of aliphatic hydroxyl groups excluding tert-OH is 1. The molecule has 2 heteroatoms. The zero-order valence-electron chi connectivity index (χ0n) is 8.93. The molecule has 0 saturated heterocycles. The summed E-state index contributed by atoms with van der Waals surface area (Å²) >= 11 is 0. The van der Waals surface area contributed by atoms with Crippen molar-refractivity contribution >= 4 is 8.07 Å². The second-order valence-corrected chi connectivity index (χ2v) is 9.73. The summed E-state index contributed by atoms with van der Waals surface area (Å²) in [6.07, 6.45) is 4.30. The molecule has 74 valence electrons. The molecular weight excluding hydrogens is 176 g/mol. The van der Waals surface area contributed by atoms with Gasteiger partial charge in [-0.3, -0.25) is 0 Å². The topological polar surface area (TPSA) is 20.2 Å². The third-order valence-electron chi connectivity index (χ3n) is 2.36. The lowest BCUT2D eigenvalue weighted by Gasteiger charge is -2.23. The highest BCUT2D eigenvalue weighted by Crippen LogP contribution is 2.23. The molecule has 1 nitrogen and oxygen atoms in total. The molecule has 1 rings (SSSR count). The quantitative estimate of drug-likeness (QED) is 0.466. The molecule has 13 heavy (non-hydrogen) atoms. The van der Waals surface area contributed by atoms with Gasteiger partial charge in [0.25, 0.3) is 0 Å². The molecule has 0 aliphatic heterocycles. The molecule has 0 amide bonds. The molecule has 2 atom stereocenters. The van der Waals surface area contributed by atoms with Crippen LogP contribution in [0.2, 0.25) is 19.6 Å². The number of hydrogen-bond acceptors (Lipinski definition) is 1. The van der Waals surface area contributed by atoms with Crippen molar-refractivity contribution in [3.63, 3.8) is 0 Å². The highest BCUT2D eigenvalue weighted by Gasteiger charge is 2.21. The van der Waals surface area contributed by atoms with Crippen LogP contribution in [0.1, 0.15) is 25.7 Å². The SMILES string of the molecule is C[Si](C)(C)C#C[C@@H]1CCCC[C@H]1O. The van der Waals surface area contributed by atoms with Crippen molar-refractivity contribution in [2.45, 2.75) is 51.4 Å². The van der Waals surface area contributed by atoms with E-state index in [4.69, 9.17) is 0 Å². The third kappa shape index (κ3) is 3.97. The van der Waals surface area contributed by atoms with E-state index in [1.54, 1.807) is 0 Å². The van der Waals surface area contributed by atoms with Gasteiger partial charge in [0, 0.05) is 5.92 Å². The minimum Gasteiger partial charge on any atom is -0.392 e. The Bertz CT molecular complexity index is 218. The Labute approximate surface area is 82.6 Å². The van der Waals surface area contributed by atoms with Gasteiger partial charge < -0.3 is 5.11 Å². The Hall–Kier alpha value is -0.263. The van der Waals surface area contributed by atoms with Gasteiger partial charge in [-0.2, -0.15) is 0 Å². The number of hydrogen-bond donors (Lipinski definition) is 1. The smallest absolute Gasteiger partial charge is 0.129 e. The molecule has 0 aromatic rings. The summed E-state index contributed by atoms with van der Waals surface area (Å²) in [5, 5.41) is 9.68. The van der Waals surface area contributed by atoms with E-state index in [0.29, 0.717) is 0 Å². The molecule has 1 aliphatic carbocycles. The Morgan fingerprint density at radius 1 is 1.15 bits per heavy atom. The Kier molecular flexibility index (Phi) is 3.58. The van der Waals surface area contributed by atoms with Crippen LogP contribution in [-0.2, 0) is 0 Å². The van der Waals surface area contributed by atoms with E-state index in [-0.39, 0.29) is 12.0 Å². The third-order valence-corrected chi connectivity index (χ3v) is 3.26. The molecule has 1 aliphatic rings. The zero-order valence-corrected chi connectivity index (χ0v) is 9.93. The lowest BCUT2D eigenvalue weighted by molar-refractivity contribution is 0.0970. The van der Waals surface area contributed by atoms with E-state index in [2.05, 4.69) is 31.1 Å². The normalized spacial score (nSPS) is 29.2. The first-order valence-corrected chi connectivity index (χ1v) is 8.70. The van der Waals surface area contributed by atoms with Crippen molar-refractivity contribution in [3.05, 3.63) is 0 Å². The van der Waals surface area contributed by atoms with Crippen molar-refractivity contribution in [2.24, 2.45) is 5.92 Å². The molecular formula is C11H20OSi. The Morgan fingerprint density at radius 3 is 2.31 bits per heavy atom. The van der Waals surface area contributed by atoms with Crippen LogP contribution < -0.4 is 0 Å². The maximum Gasteiger partial charge on any atom is 0.129 e. The first-order chi connectivity index (χ1) is 5.99. The van der Waals surface area contributed by atoms with Gasteiger partial charge in [0.1, 0.15) is 8.07 Å². The summed E-state index contributed by atoms with van der Waals surface area (Å²) in [6.45, 7) is 6.74. The van der Waals surface area contributed by atoms with Gasteiger partial charge in [-0.1, -0.05) is 32.5 Å². The summed E-state index contributed by atoms with van der Waals surface area (Å²) in [5.41, 5.74) is 3.35. The van der Waals surface area contributed by atoms with E-state index in [9.17, 15) is 5.11 Å². The fraction of sp³-hybridized carbons (Fsp3) is 0.818. The van der Waals surface area contributed by atoms with E-state index in [1.807, 2.05) is 0 Å². The van der Waals surface area contributed by atoms with Gasteiger partial charge in [-0.05, 0) is 12.8 Å². The van der Waals surface area contributed by atoms with E-state index >= 15 is 0 Å². The van der Waals surface area contributed by atoms with Crippen LogP contribution in [0.4, 0.5) is 0 Å². The maximum atomic E-state index is 9.68. The predicted octanol–water partition coefficient (Wildman–Crippen LogP) is 2.42. The standard InChI is InChI=1S/C11H20OSi/c1-13(2,3)9-8-10-6-4-5-7-11(10)12/h10-12H,4-7H2,1-3H3/t10-,11+/m0/s1. The molecule has 0 radical (unpaired) electrons. The summed E-state index contributed by atoms with van der Waals surface area (Å²) in [7, 11) is -1.24. The van der Waals surface area contributed by atoms with Crippen molar-refractivity contribution in [1.29, 1.82) is 0 Å². The molecule has 0 bridgehead atoms. The molecule has 0 aromatic heterocycles. The van der Waals surface area contributed by atoms with Gasteiger partial charge in [0.2, 0.25) is 0 Å². The Balaban J connectivity index is 2.54. The minimum absolute atomic E-state index is 0.155. The van der Waals surface area contributed by atoms with E-state index in [0.717, 1.165) is 12.8 Å². The predicted molar refractivity (Wildman–Crippen MR) is 59.1 cm³/mol. The summed E-state index contributed by atoms with van der Waals surface area (Å²) in [6, 6.07) is 0. The molecule has 0 aromatic carbocycles. The monoisotopic (exact) mass is 196 g/mol. The molecule has 1 fully saturated rings. The molecule has 0 unspecified atom stereocenters. The van der Waals surface area contributed by atoms with Gasteiger partial charge >= 0.3 is 0 Å². The van der Waals surface area contributed by atoms with Crippen LogP contribution in [0.3, 0.4) is 0 Å². The van der Waals surface area contributed by atoms with Crippen LogP contribution in [0.5, 0.6) is 0 Å². The highest BCUT2D eigenvalue weighted by atomic mass is 28.3. The van der Waals surface area contributed by atoms with Gasteiger partial charge in [0.15, 0.2) is 0 Å². The van der Waals surface area contributed by atoms with Crippen molar-refractivity contribution in [1.82, 2.24) is 0 Å². The van der Waals surface area contributed by atoms with Crippen LogP contribution in [-0.4, -0.2) is 19.3 Å². The maximum absolute atomic E-state index is 9.68. The van der Waals surface area contributed by atoms with Gasteiger partial charge in [-0.15, -0.1) is 11.5 Å². The summed E-state index contributed by atoms with van der Waals surface area (Å²) < 4.78 is 0. The van der Waals surface area contributed by atoms with Crippen LogP contribution >= 0.6 is 0 Å². The lowest BCUT2D eigenvalue weighted by atomic mass is 9.87. The highest BCUT2D eigenvalue weighted by molar-refractivity contribution is 6.83. The second-order valence-electron chi connectivity index (χ2n) is 4.98. The first-order valence-electron chi connectivity index (χ1n) is 5.20. The van der Waals surface area contributed by atoms with Crippen molar-refractivity contribution in [2.75, 3.05) is 0 Å². The second kappa shape index (κ2) is 4.30. The van der Waals surface area contributed by atoms with Crippen molar-refractivity contribution < 1.29 is 5.11 Å². The largest absolute Gasteiger partial charge is 0.392 e. The zero-order chi connectivity index (χ0) is 9.90. The molecule has 0 spiro atoms. The van der Waals surface area contributed by atoms with E-state index < -0.39 is 8.07 Å². The molecule has 1 N–H and O–H groups in total.